The van der Waals surface area contributed by atoms with E-state index >= 15 is 0 Å². The normalized spacial score (nSPS) is 11.0. The molecule has 2 rings (SSSR count). The Morgan fingerprint density at radius 3 is 2.40 bits per heavy atom. The highest BCUT2D eigenvalue weighted by atomic mass is 32.2. The highest BCUT2D eigenvalue weighted by Gasteiger charge is 2.22. The fraction of sp³-hybridized carbons (Fsp3) is 0.278. The summed E-state index contributed by atoms with van der Waals surface area (Å²) in [5, 5.41) is 2.73. The molecule has 25 heavy (non-hydrogen) atoms. The monoisotopic (exact) mass is 362 g/mol. The van der Waals surface area contributed by atoms with Crippen LogP contribution in [0, 0.1) is 6.92 Å². The molecule has 134 valence electrons. The molecule has 2 N–H and O–H groups in total. The van der Waals surface area contributed by atoms with E-state index in [0.29, 0.717) is 12.2 Å². The molecule has 0 aliphatic heterocycles. The number of aryl methyl sites for hydroxylation is 1. The maximum absolute atomic E-state index is 12.7. The van der Waals surface area contributed by atoms with Crippen LogP contribution in [0.15, 0.2) is 47.4 Å². The molecule has 6 nitrogen and oxygen atoms in total. The molecule has 0 aromatic heterocycles. The quantitative estimate of drug-likeness (QED) is 0.793. The van der Waals surface area contributed by atoms with E-state index < -0.39 is 10.0 Å². The summed E-state index contributed by atoms with van der Waals surface area (Å²) in [6.45, 7) is 4.38. The van der Waals surface area contributed by atoms with Gasteiger partial charge in [0.15, 0.2) is 0 Å². The number of nitrogens with one attached hydrogen (secondary N) is 2. The lowest BCUT2D eigenvalue weighted by Crippen LogP contribution is -2.24. The molecule has 0 saturated heterocycles. The van der Waals surface area contributed by atoms with Crippen molar-refractivity contribution in [3.8, 4) is 5.75 Å². The van der Waals surface area contributed by atoms with Gasteiger partial charge in [0.25, 0.3) is 15.9 Å². The Kier molecular flexibility index (Phi) is 6.03. The first-order valence-electron chi connectivity index (χ1n) is 7.93. The number of amides is 1. The van der Waals surface area contributed by atoms with Crippen molar-refractivity contribution in [1.82, 2.24) is 5.32 Å². The fourth-order valence-corrected chi connectivity index (χ4v) is 3.45. The SMILES string of the molecule is CCCNC(=O)c1ccc(OC)c(S(=O)(=O)Nc2ccc(C)cc2)c1. The zero-order chi connectivity index (χ0) is 18.4. The van der Waals surface area contributed by atoms with Gasteiger partial charge >= 0.3 is 0 Å². The molecule has 1 amide bonds. The van der Waals surface area contributed by atoms with Crippen molar-refractivity contribution in [2.75, 3.05) is 18.4 Å². The lowest BCUT2D eigenvalue weighted by molar-refractivity contribution is 0.0953. The van der Waals surface area contributed by atoms with Crippen molar-refractivity contribution in [1.29, 1.82) is 0 Å². The Bertz CT molecular complexity index is 846. The van der Waals surface area contributed by atoms with Gasteiger partial charge in [-0.2, -0.15) is 0 Å². The van der Waals surface area contributed by atoms with Crippen molar-refractivity contribution < 1.29 is 17.9 Å². The van der Waals surface area contributed by atoms with E-state index in [2.05, 4.69) is 10.0 Å². The number of sulfonamides is 1. The van der Waals surface area contributed by atoms with Crippen LogP contribution in [0.4, 0.5) is 5.69 Å². The van der Waals surface area contributed by atoms with Gasteiger partial charge < -0.3 is 10.1 Å². The summed E-state index contributed by atoms with van der Waals surface area (Å²) in [5.41, 5.74) is 1.72. The van der Waals surface area contributed by atoms with E-state index in [1.54, 1.807) is 12.1 Å². The molecule has 0 bridgehead atoms. The van der Waals surface area contributed by atoms with E-state index in [9.17, 15) is 13.2 Å². The van der Waals surface area contributed by atoms with Gasteiger partial charge in [0.2, 0.25) is 0 Å². The molecule has 0 aliphatic rings. The summed E-state index contributed by atoms with van der Waals surface area (Å²) in [7, 11) is -2.51. The first-order chi connectivity index (χ1) is 11.9. The number of rotatable bonds is 7. The van der Waals surface area contributed by atoms with Crippen LogP contribution in [0.2, 0.25) is 0 Å². The third-order valence-corrected chi connectivity index (χ3v) is 4.96. The van der Waals surface area contributed by atoms with Crippen LogP contribution in [0.1, 0.15) is 29.3 Å². The predicted molar refractivity (Wildman–Crippen MR) is 97.6 cm³/mol. The van der Waals surface area contributed by atoms with Gasteiger partial charge in [0, 0.05) is 17.8 Å². The number of carbonyl (C=O) groups is 1. The largest absolute Gasteiger partial charge is 0.495 e. The molecule has 0 spiro atoms. The van der Waals surface area contributed by atoms with E-state index in [-0.39, 0.29) is 22.1 Å². The van der Waals surface area contributed by atoms with Gasteiger partial charge in [-0.1, -0.05) is 24.6 Å². The maximum atomic E-state index is 12.7. The van der Waals surface area contributed by atoms with Crippen molar-refractivity contribution in [3.05, 3.63) is 53.6 Å². The topological polar surface area (TPSA) is 84.5 Å². The number of hydrogen-bond acceptors (Lipinski definition) is 4. The van der Waals surface area contributed by atoms with E-state index in [0.717, 1.165) is 12.0 Å². The molecule has 0 saturated carbocycles. The minimum absolute atomic E-state index is 0.0836. The number of carbonyl (C=O) groups excluding carboxylic acids is 1. The molecule has 0 radical (unpaired) electrons. The molecular weight excluding hydrogens is 340 g/mol. The molecule has 0 atom stereocenters. The average molecular weight is 362 g/mol. The van der Waals surface area contributed by atoms with Crippen molar-refractivity contribution in [2.24, 2.45) is 0 Å². The highest BCUT2D eigenvalue weighted by molar-refractivity contribution is 7.92. The Morgan fingerprint density at radius 2 is 1.80 bits per heavy atom. The second kappa shape index (κ2) is 8.02. The number of benzene rings is 2. The number of hydrogen-bond donors (Lipinski definition) is 2. The van der Waals surface area contributed by atoms with Gasteiger partial charge in [-0.25, -0.2) is 8.42 Å². The van der Waals surface area contributed by atoms with E-state index in [1.165, 1.54) is 25.3 Å². The first-order valence-corrected chi connectivity index (χ1v) is 9.41. The van der Waals surface area contributed by atoms with Crippen LogP contribution in [-0.4, -0.2) is 28.0 Å². The predicted octanol–water partition coefficient (Wildman–Crippen LogP) is 2.94. The third-order valence-electron chi connectivity index (χ3n) is 3.55. The summed E-state index contributed by atoms with van der Waals surface area (Å²) in [6.07, 6.45) is 0.794. The molecular formula is C18H22N2O4S. The lowest BCUT2D eigenvalue weighted by Gasteiger charge is -2.13. The third kappa shape index (κ3) is 4.73. The second-order valence-electron chi connectivity index (χ2n) is 5.59. The maximum Gasteiger partial charge on any atom is 0.265 e. The average Bonchev–Trinajstić information content (AvgIpc) is 2.60. The van der Waals surface area contributed by atoms with Gasteiger partial charge in [0.05, 0.1) is 7.11 Å². The van der Waals surface area contributed by atoms with E-state index in [1.807, 2.05) is 26.0 Å². The minimum Gasteiger partial charge on any atom is -0.495 e. The van der Waals surface area contributed by atoms with Crippen LogP contribution in [-0.2, 0) is 10.0 Å². The second-order valence-corrected chi connectivity index (χ2v) is 7.24. The fourth-order valence-electron chi connectivity index (χ4n) is 2.20. The van der Waals surface area contributed by atoms with Gasteiger partial charge in [0.1, 0.15) is 10.6 Å². The van der Waals surface area contributed by atoms with Gasteiger partial charge in [-0.3, -0.25) is 9.52 Å². The minimum atomic E-state index is -3.90. The lowest BCUT2D eigenvalue weighted by atomic mass is 10.2. The van der Waals surface area contributed by atoms with Crippen LogP contribution in [0.3, 0.4) is 0 Å². The summed E-state index contributed by atoms with van der Waals surface area (Å²) in [5.74, 6) is -0.150. The highest BCUT2D eigenvalue weighted by Crippen LogP contribution is 2.27. The molecule has 0 aliphatic carbocycles. The number of anilines is 1. The van der Waals surface area contributed by atoms with Gasteiger partial charge in [-0.05, 0) is 43.7 Å². The number of methoxy groups -OCH3 is 1. The first kappa shape index (κ1) is 18.8. The van der Waals surface area contributed by atoms with Crippen LogP contribution >= 0.6 is 0 Å². The van der Waals surface area contributed by atoms with Crippen LogP contribution in [0.25, 0.3) is 0 Å². The summed E-state index contributed by atoms with van der Waals surface area (Å²) >= 11 is 0. The zero-order valence-corrected chi connectivity index (χ0v) is 15.3. The van der Waals surface area contributed by atoms with Crippen molar-refractivity contribution in [2.45, 2.75) is 25.2 Å². The van der Waals surface area contributed by atoms with Crippen molar-refractivity contribution >= 4 is 21.6 Å². The summed E-state index contributed by atoms with van der Waals surface area (Å²) in [6, 6.07) is 11.3. The summed E-state index contributed by atoms with van der Waals surface area (Å²) < 4.78 is 33.1. The molecule has 7 heteroatoms. The molecule has 2 aromatic carbocycles. The Hall–Kier alpha value is -2.54. The smallest absolute Gasteiger partial charge is 0.265 e. The molecule has 0 unspecified atom stereocenters. The van der Waals surface area contributed by atoms with Crippen LogP contribution in [0.5, 0.6) is 5.75 Å². The Labute approximate surface area is 148 Å². The Morgan fingerprint density at radius 1 is 1.12 bits per heavy atom. The zero-order valence-electron chi connectivity index (χ0n) is 14.5. The molecule has 0 fully saturated rings. The van der Waals surface area contributed by atoms with Gasteiger partial charge in [-0.15, -0.1) is 0 Å². The summed E-state index contributed by atoms with van der Waals surface area (Å²) in [4.78, 5) is 12.0. The molecule has 0 heterocycles. The number of ether oxygens (including phenoxy) is 1. The van der Waals surface area contributed by atoms with Crippen LogP contribution < -0.4 is 14.8 Å². The molecule has 2 aromatic rings. The standard InChI is InChI=1S/C18H22N2O4S/c1-4-11-19-18(21)14-7-10-16(24-3)17(12-14)25(22,23)20-15-8-5-13(2)6-9-15/h5-10,12,20H,4,11H2,1-3H3,(H,19,21). The van der Waals surface area contributed by atoms with Crippen molar-refractivity contribution in [3.63, 3.8) is 0 Å². The van der Waals surface area contributed by atoms with E-state index in [4.69, 9.17) is 4.74 Å². The Balaban J connectivity index is 2.37.